The third-order valence-electron chi connectivity index (χ3n) is 8.76. The van der Waals surface area contributed by atoms with Crippen LogP contribution in [0.5, 0.6) is 0 Å². The van der Waals surface area contributed by atoms with Gasteiger partial charge in [0.05, 0.1) is 46.1 Å². The van der Waals surface area contributed by atoms with Gasteiger partial charge < -0.3 is 23.1 Å². The maximum atomic E-state index is 11.9. The monoisotopic (exact) mass is 1080 g/mol. The largest absolute Gasteiger partial charge is 1.00 e. The van der Waals surface area contributed by atoms with E-state index in [2.05, 4.69) is 0 Å². The third-order valence-corrected chi connectivity index (χ3v) is 13.4. The number of anilines is 1. The van der Waals surface area contributed by atoms with Gasteiger partial charge in [0.25, 0.3) is 0 Å². The number of allylic oxidation sites excluding steroid dienone is 8. The molecule has 14 nitrogen and oxygen atoms in total. The van der Waals surface area contributed by atoms with Crippen molar-refractivity contribution in [1.82, 2.24) is 0 Å². The molecule has 0 unspecified atom stereocenters. The molecular formula is C32H33I2N2Na3O12S4. The Morgan fingerprint density at radius 2 is 1.33 bits per heavy atom. The first kappa shape index (κ1) is 54.0. The van der Waals surface area contributed by atoms with Crippen molar-refractivity contribution >= 4 is 103 Å². The minimum Gasteiger partial charge on any atom is -0.748 e. The van der Waals surface area contributed by atoms with Crippen LogP contribution in [0.25, 0.3) is 0 Å². The molecule has 2 aromatic carbocycles. The molecule has 23 heteroatoms. The minimum atomic E-state index is -4.81. The van der Waals surface area contributed by atoms with E-state index in [1.54, 1.807) is 80.6 Å². The van der Waals surface area contributed by atoms with E-state index in [0.717, 1.165) is 0 Å². The zero-order valence-corrected chi connectivity index (χ0v) is 44.9. The standard InChI is InChI=1S/C32H36I2N2O12S4.3Na/c1-20(8-6-10-27-31(2,3)23-16-21(51(43,44)45)18-25(33)29(23)35(27)12-14-49(37,38)39)9-7-11-28-32(4,5)24-17-22(52(46,47)48)19-26(34)30(24)36(28)13-15-50(40,41)42;;;/h6-11,16-19H,12-15H2,1-5H3,(H3-,37,38,39,40,41,42,43,44,45,46,47,48);;;/q;3*+1/p-3/i33-4,34-3;;;. The summed E-state index contributed by atoms with van der Waals surface area (Å²) in [6.45, 7) is 8.44. The molecule has 0 radical (unpaired) electrons. The molecule has 0 amide bonds. The molecule has 4 rings (SSSR count). The van der Waals surface area contributed by atoms with Crippen molar-refractivity contribution in [3.8, 4) is 0 Å². The van der Waals surface area contributed by atoms with Crippen LogP contribution < -0.4 is 93.6 Å². The first-order valence-electron chi connectivity index (χ1n) is 15.2. The van der Waals surface area contributed by atoms with Crippen molar-refractivity contribution in [2.24, 2.45) is 0 Å². The Bertz CT molecular complexity index is 2460. The molecule has 0 saturated carbocycles. The molecule has 2 aliphatic heterocycles. The van der Waals surface area contributed by atoms with Crippen LogP contribution in [0.15, 0.2) is 81.8 Å². The molecule has 55 heavy (non-hydrogen) atoms. The third kappa shape index (κ3) is 13.0. The Hall–Kier alpha value is 0.970. The van der Waals surface area contributed by atoms with E-state index < -0.39 is 72.6 Å². The minimum absolute atomic E-state index is 0. The predicted molar refractivity (Wildman–Crippen MR) is 207 cm³/mol. The van der Waals surface area contributed by atoms with Crippen LogP contribution in [-0.2, 0) is 51.3 Å². The first-order chi connectivity index (χ1) is 23.6. The Labute approximate surface area is 416 Å². The van der Waals surface area contributed by atoms with Gasteiger partial charge in [0.2, 0.25) is 5.69 Å². The zero-order valence-electron chi connectivity index (χ0n) is 31.3. The summed E-state index contributed by atoms with van der Waals surface area (Å²) < 4.78 is 143. The van der Waals surface area contributed by atoms with Crippen molar-refractivity contribution in [3.05, 3.63) is 90.3 Å². The van der Waals surface area contributed by atoms with Gasteiger partial charge in [0.1, 0.15) is 30.4 Å². The summed E-state index contributed by atoms with van der Waals surface area (Å²) in [7, 11) is -18.8. The molecule has 0 saturated heterocycles. The van der Waals surface area contributed by atoms with Crippen LogP contribution >= 0.6 is 45.2 Å². The normalized spacial score (nSPS) is 17.6. The van der Waals surface area contributed by atoms with Gasteiger partial charge in [-0.05, 0) is 102 Å². The van der Waals surface area contributed by atoms with E-state index in [0.29, 0.717) is 46.6 Å². The van der Waals surface area contributed by atoms with Crippen LogP contribution in [0.1, 0.15) is 45.7 Å². The van der Waals surface area contributed by atoms with Gasteiger partial charge in [-0.25, -0.2) is 33.7 Å². The second kappa shape index (κ2) is 19.8. The Kier molecular flexibility index (Phi) is 19.4. The molecule has 0 atom stereocenters. The number of hydrogen-bond acceptors (Lipinski definition) is 13. The molecule has 2 heterocycles. The van der Waals surface area contributed by atoms with Crippen molar-refractivity contribution in [1.29, 1.82) is 0 Å². The van der Waals surface area contributed by atoms with Gasteiger partial charge in [-0.1, -0.05) is 43.7 Å². The van der Waals surface area contributed by atoms with Crippen LogP contribution in [0.4, 0.5) is 11.4 Å². The molecular weight excluding hydrogens is 1050 g/mol. The maximum absolute atomic E-state index is 11.9. The number of hydrogen-bond donors (Lipinski definition) is 0. The summed E-state index contributed by atoms with van der Waals surface area (Å²) in [6.07, 6.45) is 10.2. The SMILES string of the molecule is CC(/C=C/C=C1/N(CCS(=O)(=O)[O-])c2c([124I])cc(S(=O)(=O)[O-])cc2C1(C)C)=C\C=C\C1=[N+](CCS(=O)(=O)[O-])c2c([123I])cc(S(=O)(=O)[O-])cc2C1(C)C.[Na+].[Na+].[Na+]. The molecule has 2 aliphatic rings. The smallest absolute Gasteiger partial charge is 0.748 e. The van der Waals surface area contributed by atoms with Gasteiger partial charge >= 0.3 is 88.7 Å². The van der Waals surface area contributed by atoms with Crippen molar-refractivity contribution in [2.75, 3.05) is 29.5 Å². The van der Waals surface area contributed by atoms with Crippen LogP contribution in [0.3, 0.4) is 0 Å². The average molecular weight is 1080 g/mol. The van der Waals surface area contributed by atoms with E-state index in [1.165, 1.54) is 24.3 Å². The van der Waals surface area contributed by atoms with E-state index in [-0.39, 0.29) is 102 Å². The van der Waals surface area contributed by atoms with Crippen molar-refractivity contribution < 1.29 is 145 Å². The maximum Gasteiger partial charge on any atom is 1.00 e. The summed E-state index contributed by atoms with van der Waals surface area (Å²) in [6, 6.07) is 4.92. The van der Waals surface area contributed by atoms with Crippen LogP contribution in [0, 0.1) is 7.14 Å². The summed E-state index contributed by atoms with van der Waals surface area (Å²) in [5.41, 5.74) is 1.88. The molecule has 0 aliphatic carbocycles. The summed E-state index contributed by atoms with van der Waals surface area (Å²) in [5, 5.41) is 0. The number of fused-ring (bicyclic) bond motifs is 2. The predicted octanol–water partition coefficient (Wildman–Crippen LogP) is -5.08. The number of benzene rings is 2. The molecule has 0 aromatic heterocycles. The second-order valence-electron chi connectivity index (χ2n) is 13.2. The van der Waals surface area contributed by atoms with E-state index in [9.17, 15) is 51.9 Å². The van der Waals surface area contributed by atoms with Crippen molar-refractivity contribution in [2.45, 2.75) is 55.2 Å². The van der Waals surface area contributed by atoms with Gasteiger partial charge in [-0.15, -0.1) is 0 Å². The zero-order chi connectivity index (χ0) is 39.4. The van der Waals surface area contributed by atoms with Gasteiger partial charge in [-0.3, -0.25) is 0 Å². The summed E-state index contributed by atoms with van der Waals surface area (Å²) in [5.74, 6) is -1.45. The van der Waals surface area contributed by atoms with E-state index >= 15 is 0 Å². The molecule has 0 N–H and O–H groups in total. The first-order valence-corrected chi connectivity index (χ1v) is 23.3. The topological polar surface area (TPSA) is 235 Å². The number of nitrogens with zero attached hydrogens (tertiary/aromatic N) is 2. The van der Waals surface area contributed by atoms with Gasteiger partial charge in [-0.2, -0.15) is 4.58 Å². The fourth-order valence-electron chi connectivity index (χ4n) is 6.24. The Balaban J connectivity index is 0.00000504. The molecule has 284 valence electrons. The van der Waals surface area contributed by atoms with Crippen LogP contribution in [-0.4, -0.2) is 86.8 Å². The molecule has 0 bridgehead atoms. The Morgan fingerprint density at radius 3 is 1.85 bits per heavy atom. The fraction of sp³-hybridized carbons (Fsp3) is 0.344. The van der Waals surface area contributed by atoms with Crippen LogP contribution in [0.2, 0.25) is 0 Å². The fourth-order valence-corrected chi connectivity index (χ4v) is 10.4. The molecule has 2 aromatic rings. The van der Waals surface area contributed by atoms with E-state index in [1.807, 2.05) is 45.2 Å². The molecule has 0 fully saturated rings. The quantitative estimate of drug-likeness (QED) is 0.0638. The number of halogens is 2. The van der Waals surface area contributed by atoms with Crippen molar-refractivity contribution in [3.63, 3.8) is 0 Å². The summed E-state index contributed by atoms with van der Waals surface area (Å²) in [4.78, 5) is 0.745. The second-order valence-corrected chi connectivity index (χ2v) is 21.3. The summed E-state index contributed by atoms with van der Waals surface area (Å²) >= 11 is 3.73. The molecule has 0 spiro atoms. The average Bonchev–Trinajstić information content (AvgIpc) is 3.32. The Morgan fingerprint density at radius 1 is 0.800 bits per heavy atom. The van der Waals surface area contributed by atoms with E-state index in [4.69, 9.17) is 0 Å². The number of rotatable bonds is 12. The van der Waals surface area contributed by atoms with Gasteiger partial charge in [0.15, 0.2) is 12.3 Å². The van der Waals surface area contributed by atoms with Gasteiger partial charge in [0, 0.05) is 32.9 Å².